The van der Waals surface area contributed by atoms with Crippen molar-refractivity contribution in [3.8, 4) is 0 Å². The van der Waals surface area contributed by atoms with Crippen LogP contribution in [-0.2, 0) is 11.2 Å². The molecule has 82 valence electrons. The van der Waals surface area contributed by atoms with Gasteiger partial charge in [0.2, 0.25) is 0 Å². The van der Waals surface area contributed by atoms with Crippen molar-refractivity contribution in [2.45, 2.75) is 31.8 Å². The Morgan fingerprint density at radius 3 is 3.27 bits per heavy atom. The zero-order chi connectivity index (χ0) is 10.5. The van der Waals surface area contributed by atoms with E-state index in [1.165, 1.54) is 19.3 Å². The van der Waals surface area contributed by atoms with Gasteiger partial charge >= 0.3 is 7.62 Å². The molecular weight excluding hydrogens is 191 g/mol. The summed E-state index contributed by atoms with van der Waals surface area (Å²) in [6.45, 7) is 0.991. The number of hydrogen-bond acceptors (Lipinski definition) is 4. The van der Waals surface area contributed by atoms with Crippen LogP contribution in [0.3, 0.4) is 0 Å². The molecule has 0 spiro atoms. The standard InChI is InChI=1S/C9H17BN4O/c1-15-10-13-9-3-2-8(4-9)5-14-7-11-6-12-14/h6-10,13H,2-5H2,1H3. The molecule has 0 bridgehead atoms. The molecule has 1 fully saturated rings. The van der Waals surface area contributed by atoms with Gasteiger partial charge in [-0.05, 0) is 31.2 Å². The molecule has 1 heterocycles. The minimum absolute atomic E-state index is 0.610. The Morgan fingerprint density at radius 1 is 1.60 bits per heavy atom. The highest BCUT2D eigenvalue weighted by Gasteiger charge is 2.24. The number of hydrogen-bond donors (Lipinski definition) is 1. The van der Waals surface area contributed by atoms with E-state index in [-0.39, 0.29) is 0 Å². The second kappa shape index (κ2) is 5.28. The average Bonchev–Trinajstić information content (AvgIpc) is 2.87. The lowest BCUT2D eigenvalue weighted by atomic mass is 10.1. The Bertz CT molecular complexity index is 280. The van der Waals surface area contributed by atoms with E-state index in [2.05, 4.69) is 15.3 Å². The summed E-state index contributed by atoms with van der Waals surface area (Å²) in [7, 11) is 2.37. The van der Waals surface area contributed by atoms with Crippen LogP contribution in [0.15, 0.2) is 12.7 Å². The molecule has 2 atom stereocenters. The van der Waals surface area contributed by atoms with E-state index < -0.39 is 0 Å². The molecule has 1 saturated carbocycles. The average molecular weight is 208 g/mol. The zero-order valence-corrected chi connectivity index (χ0v) is 9.09. The summed E-state index contributed by atoms with van der Waals surface area (Å²) in [5.41, 5.74) is 0. The highest BCUT2D eigenvalue weighted by Crippen LogP contribution is 2.26. The molecule has 0 radical (unpaired) electrons. The fourth-order valence-electron chi connectivity index (χ4n) is 2.22. The molecule has 6 heteroatoms. The molecule has 1 aliphatic carbocycles. The van der Waals surface area contributed by atoms with Gasteiger partial charge in [-0.1, -0.05) is 0 Å². The van der Waals surface area contributed by atoms with Crippen LogP contribution >= 0.6 is 0 Å². The van der Waals surface area contributed by atoms with Crippen molar-refractivity contribution in [1.29, 1.82) is 0 Å². The van der Waals surface area contributed by atoms with E-state index >= 15 is 0 Å². The highest BCUT2D eigenvalue weighted by molar-refractivity contribution is 6.23. The SMILES string of the molecule is COBNC1CCC(Cn2cncn2)C1. The fourth-order valence-corrected chi connectivity index (χ4v) is 2.22. The van der Waals surface area contributed by atoms with E-state index in [1.54, 1.807) is 19.8 Å². The van der Waals surface area contributed by atoms with Crippen LogP contribution in [0.5, 0.6) is 0 Å². The van der Waals surface area contributed by atoms with Crippen LogP contribution in [0.4, 0.5) is 0 Å². The van der Waals surface area contributed by atoms with E-state index in [0.717, 1.165) is 12.5 Å². The number of nitrogens with zero attached hydrogens (tertiary/aromatic N) is 3. The van der Waals surface area contributed by atoms with Gasteiger partial charge in [0.25, 0.3) is 0 Å². The van der Waals surface area contributed by atoms with Crippen LogP contribution in [0.25, 0.3) is 0 Å². The molecular formula is C9H17BN4O. The fraction of sp³-hybridized carbons (Fsp3) is 0.778. The molecule has 5 nitrogen and oxygen atoms in total. The van der Waals surface area contributed by atoms with Crippen LogP contribution in [0.2, 0.25) is 0 Å². The van der Waals surface area contributed by atoms with Crippen molar-refractivity contribution in [2.24, 2.45) is 5.92 Å². The predicted molar refractivity (Wildman–Crippen MR) is 58.4 cm³/mol. The summed E-state index contributed by atoms with van der Waals surface area (Å²) in [4.78, 5) is 3.95. The Balaban J connectivity index is 1.73. The monoisotopic (exact) mass is 208 g/mol. The first-order chi connectivity index (χ1) is 7.38. The van der Waals surface area contributed by atoms with Crippen LogP contribution in [0, 0.1) is 5.92 Å². The molecule has 2 unspecified atom stereocenters. The minimum atomic E-state index is 0.610. The topological polar surface area (TPSA) is 52.0 Å². The van der Waals surface area contributed by atoms with E-state index in [1.807, 2.05) is 4.68 Å². The van der Waals surface area contributed by atoms with E-state index in [9.17, 15) is 0 Å². The second-order valence-corrected chi connectivity index (χ2v) is 4.13. The lowest BCUT2D eigenvalue weighted by Gasteiger charge is -2.11. The van der Waals surface area contributed by atoms with Crippen molar-refractivity contribution in [2.75, 3.05) is 7.11 Å². The Hall–Kier alpha value is -0.875. The molecule has 0 aliphatic heterocycles. The normalized spacial score (nSPS) is 25.7. The van der Waals surface area contributed by atoms with Gasteiger partial charge in [-0.2, -0.15) is 5.10 Å². The minimum Gasteiger partial charge on any atom is -0.427 e. The van der Waals surface area contributed by atoms with Gasteiger partial charge in [0.1, 0.15) is 12.7 Å². The third-order valence-electron chi connectivity index (χ3n) is 2.97. The third-order valence-corrected chi connectivity index (χ3v) is 2.97. The van der Waals surface area contributed by atoms with Crippen LogP contribution in [0.1, 0.15) is 19.3 Å². The Labute approximate surface area is 90.5 Å². The maximum atomic E-state index is 5.01. The first-order valence-electron chi connectivity index (χ1n) is 5.43. The summed E-state index contributed by atoms with van der Waals surface area (Å²) in [5, 5.41) is 7.50. The van der Waals surface area contributed by atoms with Gasteiger partial charge in [0.05, 0.1) is 0 Å². The first kappa shape index (κ1) is 10.6. The molecule has 0 aromatic carbocycles. The molecule has 1 aromatic rings. The van der Waals surface area contributed by atoms with Gasteiger partial charge < -0.3 is 9.88 Å². The lowest BCUT2D eigenvalue weighted by Crippen LogP contribution is -2.31. The quantitative estimate of drug-likeness (QED) is 0.689. The van der Waals surface area contributed by atoms with E-state index in [0.29, 0.717) is 13.7 Å². The van der Waals surface area contributed by atoms with Crippen LogP contribution in [-0.4, -0.2) is 35.5 Å². The maximum Gasteiger partial charge on any atom is 0.360 e. The molecule has 1 aliphatic rings. The van der Waals surface area contributed by atoms with Crippen molar-refractivity contribution in [3.05, 3.63) is 12.7 Å². The molecule has 2 rings (SSSR count). The molecule has 1 N–H and O–H groups in total. The predicted octanol–water partition coefficient (Wildman–Crippen LogP) is -0.0507. The van der Waals surface area contributed by atoms with E-state index in [4.69, 9.17) is 4.65 Å². The molecule has 0 saturated heterocycles. The zero-order valence-electron chi connectivity index (χ0n) is 9.09. The highest BCUT2D eigenvalue weighted by atomic mass is 16.4. The Kier molecular flexibility index (Phi) is 3.74. The Morgan fingerprint density at radius 2 is 2.53 bits per heavy atom. The first-order valence-corrected chi connectivity index (χ1v) is 5.43. The number of nitrogens with one attached hydrogen (secondary N) is 1. The van der Waals surface area contributed by atoms with Crippen molar-refractivity contribution in [1.82, 2.24) is 20.0 Å². The maximum absolute atomic E-state index is 5.01. The van der Waals surface area contributed by atoms with Crippen molar-refractivity contribution in [3.63, 3.8) is 0 Å². The van der Waals surface area contributed by atoms with Gasteiger partial charge in [0, 0.05) is 13.7 Å². The summed E-state index contributed by atoms with van der Waals surface area (Å²) in [6.07, 6.45) is 7.10. The number of rotatable bonds is 5. The van der Waals surface area contributed by atoms with Gasteiger partial charge in [-0.3, -0.25) is 4.68 Å². The van der Waals surface area contributed by atoms with Crippen molar-refractivity contribution >= 4 is 7.62 Å². The summed E-state index contributed by atoms with van der Waals surface area (Å²) in [6, 6.07) is 0.610. The number of aromatic nitrogens is 3. The van der Waals surface area contributed by atoms with Crippen molar-refractivity contribution < 1.29 is 4.65 Å². The summed E-state index contributed by atoms with van der Waals surface area (Å²) in [5.74, 6) is 0.723. The summed E-state index contributed by atoms with van der Waals surface area (Å²) < 4.78 is 6.93. The smallest absolute Gasteiger partial charge is 0.360 e. The third kappa shape index (κ3) is 3.04. The van der Waals surface area contributed by atoms with Crippen LogP contribution < -0.4 is 5.23 Å². The lowest BCUT2D eigenvalue weighted by molar-refractivity contribution is 0.404. The van der Waals surface area contributed by atoms with Gasteiger partial charge in [-0.25, -0.2) is 4.98 Å². The molecule has 1 aromatic heterocycles. The van der Waals surface area contributed by atoms with Gasteiger partial charge in [0.15, 0.2) is 0 Å². The molecule has 15 heavy (non-hydrogen) atoms. The second-order valence-electron chi connectivity index (χ2n) is 4.13. The van der Waals surface area contributed by atoms with Gasteiger partial charge in [-0.15, -0.1) is 0 Å². The summed E-state index contributed by atoms with van der Waals surface area (Å²) >= 11 is 0. The largest absolute Gasteiger partial charge is 0.427 e. The molecule has 0 amide bonds.